The zero-order valence-corrected chi connectivity index (χ0v) is 13.3. The number of aliphatic carboxylic acids is 1. The first kappa shape index (κ1) is 16.1. The van der Waals surface area contributed by atoms with E-state index in [1.807, 2.05) is 0 Å². The molecule has 1 atom stereocenters. The van der Waals surface area contributed by atoms with Crippen LogP contribution in [0.15, 0.2) is 36.8 Å². The lowest BCUT2D eigenvalue weighted by molar-refractivity contribution is -0.151. The molecule has 2 aromatic heterocycles. The fourth-order valence-corrected chi connectivity index (χ4v) is 3.09. The van der Waals surface area contributed by atoms with Crippen LogP contribution in [-0.4, -0.2) is 62.4 Å². The van der Waals surface area contributed by atoms with E-state index in [1.165, 1.54) is 18.2 Å². The first-order chi connectivity index (χ1) is 11.6. The second-order valence-electron chi connectivity index (χ2n) is 5.68. The predicted molar refractivity (Wildman–Crippen MR) is 83.9 cm³/mol. The number of pyridine rings is 1. The van der Waals surface area contributed by atoms with Crippen molar-refractivity contribution in [2.45, 2.75) is 18.4 Å². The zero-order valence-electron chi connectivity index (χ0n) is 13.3. The molecule has 0 bridgehead atoms. The molecule has 1 fully saturated rings. The largest absolute Gasteiger partial charge is 0.479 e. The number of carbonyl (C=O) groups is 2. The quantitative estimate of drug-likeness (QED) is 0.877. The Morgan fingerprint density at radius 2 is 2.25 bits per heavy atom. The van der Waals surface area contributed by atoms with Crippen molar-refractivity contribution < 1.29 is 19.4 Å². The summed E-state index contributed by atoms with van der Waals surface area (Å²) in [6, 6.07) is 5.11. The normalized spacial score (nSPS) is 20.3. The van der Waals surface area contributed by atoms with Gasteiger partial charge in [0.1, 0.15) is 5.69 Å². The van der Waals surface area contributed by atoms with E-state index in [0.29, 0.717) is 25.1 Å². The first-order valence-corrected chi connectivity index (χ1v) is 7.59. The van der Waals surface area contributed by atoms with Crippen LogP contribution in [0.5, 0.6) is 0 Å². The molecule has 1 unspecified atom stereocenters. The summed E-state index contributed by atoms with van der Waals surface area (Å²) < 4.78 is 6.69. The van der Waals surface area contributed by atoms with Crippen LogP contribution < -0.4 is 0 Å². The summed E-state index contributed by atoms with van der Waals surface area (Å²) >= 11 is 0. The van der Waals surface area contributed by atoms with Crippen molar-refractivity contribution in [2.75, 3.05) is 20.3 Å². The third-order valence-electron chi connectivity index (χ3n) is 4.25. The van der Waals surface area contributed by atoms with E-state index in [0.717, 1.165) is 0 Å². The molecule has 2 aromatic rings. The average Bonchev–Trinajstić information content (AvgIpc) is 3.25. The van der Waals surface area contributed by atoms with E-state index in [2.05, 4.69) is 10.1 Å². The molecule has 0 radical (unpaired) electrons. The summed E-state index contributed by atoms with van der Waals surface area (Å²) in [6.45, 7) is 0.315. The number of amides is 1. The van der Waals surface area contributed by atoms with Gasteiger partial charge in [-0.25, -0.2) is 9.48 Å². The van der Waals surface area contributed by atoms with Crippen LogP contribution in [-0.2, 0) is 9.53 Å². The van der Waals surface area contributed by atoms with Crippen LogP contribution in [0.3, 0.4) is 0 Å². The number of nitrogens with zero attached hydrogens (tertiary/aromatic N) is 4. The first-order valence-electron chi connectivity index (χ1n) is 7.59. The lowest BCUT2D eigenvalue weighted by Crippen LogP contribution is -2.56. The van der Waals surface area contributed by atoms with Gasteiger partial charge in [0.2, 0.25) is 0 Å². The number of ether oxygens (including phenoxy) is 1. The topological polar surface area (TPSA) is 97.6 Å². The van der Waals surface area contributed by atoms with E-state index < -0.39 is 17.4 Å². The van der Waals surface area contributed by atoms with E-state index >= 15 is 0 Å². The Bertz CT molecular complexity index is 746. The number of carboxylic acids is 1. The van der Waals surface area contributed by atoms with Gasteiger partial charge in [0.05, 0.1) is 12.3 Å². The monoisotopic (exact) mass is 330 g/mol. The van der Waals surface area contributed by atoms with Crippen LogP contribution >= 0.6 is 0 Å². The third-order valence-corrected chi connectivity index (χ3v) is 4.25. The molecule has 1 aliphatic rings. The minimum absolute atomic E-state index is 0.0487. The van der Waals surface area contributed by atoms with Gasteiger partial charge in [-0.05, 0) is 31.0 Å². The summed E-state index contributed by atoms with van der Waals surface area (Å²) in [5.41, 5.74) is -0.466. The molecule has 126 valence electrons. The van der Waals surface area contributed by atoms with Gasteiger partial charge in [0.15, 0.2) is 5.54 Å². The van der Waals surface area contributed by atoms with Gasteiger partial charge >= 0.3 is 5.97 Å². The molecule has 0 saturated carbocycles. The van der Waals surface area contributed by atoms with Crippen molar-refractivity contribution in [2.24, 2.45) is 0 Å². The molecule has 0 spiro atoms. The molecular formula is C16H18N4O4. The average molecular weight is 330 g/mol. The van der Waals surface area contributed by atoms with Crippen molar-refractivity contribution in [3.63, 3.8) is 0 Å². The second-order valence-corrected chi connectivity index (χ2v) is 5.68. The molecule has 3 heterocycles. The van der Waals surface area contributed by atoms with Gasteiger partial charge < -0.3 is 14.7 Å². The number of rotatable bonds is 5. The molecule has 3 rings (SSSR count). The minimum Gasteiger partial charge on any atom is -0.479 e. The minimum atomic E-state index is -1.34. The lowest BCUT2D eigenvalue weighted by Gasteiger charge is -2.33. The van der Waals surface area contributed by atoms with E-state index in [4.69, 9.17) is 4.74 Å². The molecule has 8 nitrogen and oxygen atoms in total. The van der Waals surface area contributed by atoms with Gasteiger partial charge in [-0.3, -0.25) is 9.78 Å². The molecular weight excluding hydrogens is 312 g/mol. The molecule has 0 aromatic carbocycles. The molecule has 0 aliphatic carbocycles. The zero-order chi connectivity index (χ0) is 17.2. The Balaban J connectivity index is 1.93. The highest BCUT2D eigenvalue weighted by Crippen LogP contribution is 2.31. The smallest absolute Gasteiger partial charge is 0.332 e. The van der Waals surface area contributed by atoms with Gasteiger partial charge in [-0.1, -0.05) is 0 Å². The number of carboxylic acid groups (broad SMARTS) is 1. The van der Waals surface area contributed by atoms with E-state index in [9.17, 15) is 14.7 Å². The molecule has 8 heteroatoms. The maximum Gasteiger partial charge on any atom is 0.332 e. The highest BCUT2D eigenvalue weighted by Gasteiger charge is 2.50. The number of hydrogen-bond acceptors (Lipinski definition) is 5. The van der Waals surface area contributed by atoms with Crippen LogP contribution in [0, 0.1) is 0 Å². The van der Waals surface area contributed by atoms with Crippen molar-refractivity contribution in [1.82, 2.24) is 19.7 Å². The number of methoxy groups -OCH3 is 1. The fourth-order valence-electron chi connectivity index (χ4n) is 3.09. The standard InChI is InChI=1S/C16H18N4O4/c1-24-11-16(15(22)23)5-2-8-19(16)14(21)13-10-12(4-7-17-13)20-9-3-6-18-20/h3-4,6-7,9-10H,2,5,8,11H2,1H3,(H,22,23). The Kier molecular flexibility index (Phi) is 4.30. The highest BCUT2D eigenvalue weighted by atomic mass is 16.5. The van der Waals surface area contributed by atoms with Crippen molar-refractivity contribution >= 4 is 11.9 Å². The summed E-state index contributed by atoms with van der Waals surface area (Å²) in [4.78, 5) is 30.2. The van der Waals surface area contributed by atoms with Crippen molar-refractivity contribution in [3.8, 4) is 5.69 Å². The molecule has 1 aliphatic heterocycles. The lowest BCUT2D eigenvalue weighted by atomic mass is 9.97. The highest BCUT2D eigenvalue weighted by molar-refractivity contribution is 5.97. The maximum absolute atomic E-state index is 12.9. The van der Waals surface area contributed by atoms with E-state index in [1.54, 1.807) is 35.3 Å². The Morgan fingerprint density at radius 1 is 1.42 bits per heavy atom. The predicted octanol–water partition coefficient (Wildman–Crippen LogP) is 0.973. The maximum atomic E-state index is 12.9. The summed E-state index contributed by atoms with van der Waals surface area (Å²) in [7, 11) is 1.43. The molecule has 1 N–H and O–H groups in total. The third kappa shape index (κ3) is 2.65. The van der Waals surface area contributed by atoms with Gasteiger partial charge in [0, 0.05) is 32.2 Å². The molecule has 1 amide bonds. The summed E-state index contributed by atoms with van der Waals surface area (Å²) in [6.07, 6.45) is 5.88. The van der Waals surface area contributed by atoms with Gasteiger partial charge in [-0.2, -0.15) is 5.10 Å². The SMILES string of the molecule is COCC1(C(=O)O)CCCN1C(=O)c1cc(-n2cccn2)ccn1. The van der Waals surface area contributed by atoms with Gasteiger partial charge in [0.25, 0.3) is 5.91 Å². The summed E-state index contributed by atoms with van der Waals surface area (Å²) in [5.74, 6) is -1.47. The van der Waals surface area contributed by atoms with Crippen LogP contribution in [0.25, 0.3) is 5.69 Å². The number of likely N-dealkylation sites (tertiary alicyclic amines) is 1. The fraction of sp³-hybridized carbons (Fsp3) is 0.375. The van der Waals surface area contributed by atoms with Crippen LogP contribution in [0.1, 0.15) is 23.3 Å². The Morgan fingerprint density at radius 3 is 2.92 bits per heavy atom. The molecule has 1 saturated heterocycles. The second kappa shape index (κ2) is 6.40. The number of aromatic nitrogens is 3. The van der Waals surface area contributed by atoms with E-state index in [-0.39, 0.29) is 12.3 Å². The number of hydrogen-bond donors (Lipinski definition) is 1. The van der Waals surface area contributed by atoms with Crippen molar-refractivity contribution in [1.29, 1.82) is 0 Å². The molecule has 24 heavy (non-hydrogen) atoms. The van der Waals surface area contributed by atoms with Gasteiger partial charge in [-0.15, -0.1) is 0 Å². The Hall–Kier alpha value is -2.74. The Labute approximate surface area is 138 Å². The van der Waals surface area contributed by atoms with Crippen molar-refractivity contribution in [3.05, 3.63) is 42.5 Å². The number of carbonyl (C=O) groups excluding carboxylic acids is 1. The van der Waals surface area contributed by atoms with Crippen LogP contribution in [0.4, 0.5) is 0 Å². The van der Waals surface area contributed by atoms with Crippen LogP contribution in [0.2, 0.25) is 0 Å². The summed E-state index contributed by atoms with van der Waals surface area (Å²) in [5, 5.41) is 13.8.